The van der Waals surface area contributed by atoms with Gasteiger partial charge in [-0.3, -0.25) is 9.59 Å². The summed E-state index contributed by atoms with van der Waals surface area (Å²) in [6, 6.07) is 11.7. The van der Waals surface area contributed by atoms with Gasteiger partial charge < -0.3 is 10.2 Å². The van der Waals surface area contributed by atoms with Crippen LogP contribution >= 0.6 is 0 Å². The number of hydrogen-bond acceptors (Lipinski definition) is 2. The fourth-order valence-electron chi connectivity index (χ4n) is 3.49. The average Bonchev–Trinajstić information content (AvgIpc) is 3.20. The Morgan fingerprint density at radius 3 is 2.18 bits per heavy atom. The SMILES string of the molecule is Cc1ccc(-c2ccc(C(=O)N[C@H](C(=O)N3CCCC3)C(C)C)c(F)c2)cc1. The van der Waals surface area contributed by atoms with Gasteiger partial charge in [-0.05, 0) is 48.9 Å². The number of likely N-dealkylation sites (tertiary alicyclic amines) is 1. The zero-order chi connectivity index (χ0) is 20.3. The molecule has 1 aliphatic rings. The van der Waals surface area contributed by atoms with Crippen LogP contribution in [0.4, 0.5) is 4.39 Å². The van der Waals surface area contributed by atoms with E-state index in [2.05, 4.69) is 5.32 Å². The third-order valence-corrected chi connectivity index (χ3v) is 5.24. The number of benzene rings is 2. The van der Waals surface area contributed by atoms with Crippen LogP contribution in [0.3, 0.4) is 0 Å². The average molecular weight is 382 g/mol. The monoisotopic (exact) mass is 382 g/mol. The predicted octanol–water partition coefficient (Wildman–Crippen LogP) is 4.18. The molecule has 1 heterocycles. The van der Waals surface area contributed by atoms with Crippen molar-refractivity contribution in [3.63, 3.8) is 0 Å². The van der Waals surface area contributed by atoms with E-state index in [0.29, 0.717) is 5.56 Å². The molecule has 0 spiro atoms. The molecule has 1 aliphatic heterocycles. The summed E-state index contributed by atoms with van der Waals surface area (Å²) in [6.45, 7) is 7.20. The Hall–Kier alpha value is -2.69. The Kier molecular flexibility index (Phi) is 6.12. The lowest BCUT2D eigenvalue weighted by atomic mass is 10.0. The molecule has 28 heavy (non-hydrogen) atoms. The van der Waals surface area contributed by atoms with Gasteiger partial charge in [0, 0.05) is 13.1 Å². The van der Waals surface area contributed by atoms with Crippen LogP contribution in [0, 0.1) is 18.7 Å². The molecule has 0 bridgehead atoms. The van der Waals surface area contributed by atoms with Gasteiger partial charge in [0.25, 0.3) is 5.91 Å². The molecule has 4 nitrogen and oxygen atoms in total. The van der Waals surface area contributed by atoms with E-state index in [1.54, 1.807) is 11.0 Å². The second-order valence-electron chi connectivity index (χ2n) is 7.79. The van der Waals surface area contributed by atoms with Gasteiger partial charge in [0.1, 0.15) is 11.9 Å². The first-order chi connectivity index (χ1) is 13.4. The highest BCUT2D eigenvalue weighted by molar-refractivity contribution is 5.98. The molecule has 1 saturated heterocycles. The molecule has 1 N–H and O–H groups in total. The van der Waals surface area contributed by atoms with Crippen LogP contribution in [0.5, 0.6) is 0 Å². The molecule has 1 fully saturated rings. The van der Waals surface area contributed by atoms with Crippen molar-refractivity contribution in [2.24, 2.45) is 5.92 Å². The maximum atomic E-state index is 14.7. The summed E-state index contributed by atoms with van der Waals surface area (Å²) < 4.78 is 14.7. The Morgan fingerprint density at radius 2 is 1.61 bits per heavy atom. The van der Waals surface area contributed by atoms with E-state index in [1.807, 2.05) is 45.0 Å². The topological polar surface area (TPSA) is 49.4 Å². The normalized spacial score (nSPS) is 15.0. The zero-order valence-corrected chi connectivity index (χ0v) is 16.7. The summed E-state index contributed by atoms with van der Waals surface area (Å²) in [5, 5.41) is 2.75. The maximum absolute atomic E-state index is 14.7. The molecule has 0 radical (unpaired) electrons. The van der Waals surface area contributed by atoms with Gasteiger partial charge in [0.2, 0.25) is 5.91 Å². The number of nitrogens with zero attached hydrogens (tertiary/aromatic N) is 1. The zero-order valence-electron chi connectivity index (χ0n) is 16.7. The van der Waals surface area contributed by atoms with Gasteiger partial charge in [-0.25, -0.2) is 4.39 Å². The first-order valence-electron chi connectivity index (χ1n) is 9.83. The number of halogens is 1. The summed E-state index contributed by atoms with van der Waals surface area (Å²) >= 11 is 0. The number of carbonyl (C=O) groups is 2. The molecule has 148 valence electrons. The van der Waals surface area contributed by atoms with Crippen LogP contribution in [-0.4, -0.2) is 35.8 Å². The predicted molar refractivity (Wildman–Crippen MR) is 108 cm³/mol. The van der Waals surface area contributed by atoms with Gasteiger partial charge in [-0.1, -0.05) is 49.7 Å². The van der Waals surface area contributed by atoms with Gasteiger partial charge >= 0.3 is 0 Å². The van der Waals surface area contributed by atoms with Gasteiger partial charge in [-0.2, -0.15) is 0 Å². The van der Waals surface area contributed by atoms with Crippen molar-refractivity contribution in [1.82, 2.24) is 10.2 Å². The van der Waals surface area contributed by atoms with Crippen molar-refractivity contribution in [2.75, 3.05) is 13.1 Å². The number of carbonyl (C=O) groups excluding carboxylic acids is 2. The van der Waals surface area contributed by atoms with E-state index in [1.165, 1.54) is 12.1 Å². The summed E-state index contributed by atoms with van der Waals surface area (Å²) in [7, 11) is 0. The molecular weight excluding hydrogens is 355 g/mol. The molecule has 0 saturated carbocycles. The smallest absolute Gasteiger partial charge is 0.254 e. The van der Waals surface area contributed by atoms with Crippen LogP contribution in [-0.2, 0) is 4.79 Å². The van der Waals surface area contributed by atoms with Crippen LogP contribution in [0.1, 0.15) is 42.6 Å². The number of nitrogens with one attached hydrogen (secondary N) is 1. The third kappa shape index (κ3) is 4.41. The van der Waals surface area contributed by atoms with Crippen LogP contribution in [0.15, 0.2) is 42.5 Å². The van der Waals surface area contributed by atoms with Crippen molar-refractivity contribution in [1.29, 1.82) is 0 Å². The summed E-state index contributed by atoms with van der Waals surface area (Å²) in [5.41, 5.74) is 2.68. The Bertz CT molecular complexity index is 855. The van der Waals surface area contributed by atoms with E-state index in [9.17, 15) is 14.0 Å². The van der Waals surface area contributed by atoms with Crippen molar-refractivity contribution in [3.8, 4) is 11.1 Å². The Balaban J connectivity index is 1.77. The summed E-state index contributed by atoms with van der Waals surface area (Å²) in [6.07, 6.45) is 1.97. The highest BCUT2D eigenvalue weighted by atomic mass is 19.1. The van der Waals surface area contributed by atoms with Crippen molar-refractivity contribution >= 4 is 11.8 Å². The van der Waals surface area contributed by atoms with Crippen LogP contribution in [0.25, 0.3) is 11.1 Å². The largest absolute Gasteiger partial charge is 0.341 e. The standard InChI is InChI=1S/C23H27FN2O2/c1-15(2)21(23(28)26-12-4-5-13-26)25-22(27)19-11-10-18(14-20(19)24)17-8-6-16(3)7-9-17/h6-11,14-15,21H,4-5,12-13H2,1-3H3,(H,25,27)/t21-/m0/s1. The quantitative estimate of drug-likeness (QED) is 0.843. The first-order valence-corrected chi connectivity index (χ1v) is 9.83. The number of hydrogen-bond donors (Lipinski definition) is 1. The minimum atomic E-state index is -0.651. The highest BCUT2D eigenvalue weighted by Crippen LogP contribution is 2.23. The molecule has 0 aromatic heterocycles. The molecular formula is C23H27FN2O2. The fraction of sp³-hybridized carbons (Fsp3) is 0.391. The van der Waals surface area contributed by atoms with E-state index in [0.717, 1.165) is 37.1 Å². The number of amides is 2. The van der Waals surface area contributed by atoms with E-state index in [-0.39, 0.29) is 17.4 Å². The summed E-state index contributed by atoms with van der Waals surface area (Å²) in [5.74, 6) is -1.31. The first kappa shape index (κ1) is 20.1. The second kappa shape index (κ2) is 8.55. The molecule has 2 aromatic carbocycles. The van der Waals surface area contributed by atoms with Crippen molar-refractivity contribution in [3.05, 3.63) is 59.4 Å². The Morgan fingerprint density at radius 1 is 1.00 bits per heavy atom. The molecule has 0 aliphatic carbocycles. The maximum Gasteiger partial charge on any atom is 0.254 e. The molecule has 0 unspecified atom stereocenters. The van der Waals surface area contributed by atoms with Crippen molar-refractivity contribution in [2.45, 2.75) is 39.7 Å². The summed E-state index contributed by atoms with van der Waals surface area (Å²) in [4.78, 5) is 27.2. The molecule has 1 atom stereocenters. The number of aryl methyl sites for hydroxylation is 1. The van der Waals surface area contributed by atoms with E-state index >= 15 is 0 Å². The highest BCUT2D eigenvalue weighted by Gasteiger charge is 2.30. The lowest BCUT2D eigenvalue weighted by Gasteiger charge is -2.26. The molecule has 5 heteroatoms. The van der Waals surface area contributed by atoms with Gasteiger partial charge in [0.15, 0.2) is 0 Å². The van der Waals surface area contributed by atoms with Crippen LogP contribution in [0.2, 0.25) is 0 Å². The van der Waals surface area contributed by atoms with Gasteiger partial charge in [-0.15, -0.1) is 0 Å². The molecule has 2 amide bonds. The minimum absolute atomic E-state index is 0.0456. The van der Waals surface area contributed by atoms with Crippen LogP contribution < -0.4 is 5.32 Å². The molecule has 3 rings (SSSR count). The Labute approximate surface area is 165 Å². The van der Waals surface area contributed by atoms with E-state index < -0.39 is 17.8 Å². The molecule has 2 aromatic rings. The van der Waals surface area contributed by atoms with E-state index in [4.69, 9.17) is 0 Å². The van der Waals surface area contributed by atoms with Gasteiger partial charge in [0.05, 0.1) is 5.56 Å². The number of rotatable bonds is 5. The second-order valence-corrected chi connectivity index (χ2v) is 7.79. The lowest BCUT2D eigenvalue weighted by molar-refractivity contribution is -0.133. The minimum Gasteiger partial charge on any atom is -0.341 e. The van der Waals surface area contributed by atoms with Crippen molar-refractivity contribution < 1.29 is 14.0 Å². The fourth-order valence-corrected chi connectivity index (χ4v) is 3.49. The lowest BCUT2D eigenvalue weighted by Crippen LogP contribution is -2.50. The third-order valence-electron chi connectivity index (χ3n) is 5.24.